The van der Waals surface area contributed by atoms with Gasteiger partial charge in [0.2, 0.25) is 0 Å². The zero-order valence-electron chi connectivity index (χ0n) is 15.7. The van der Waals surface area contributed by atoms with Crippen LogP contribution in [0.5, 0.6) is 0 Å². The maximum Gasteiger partial charge on any atom is 0.146 e. The number of carbonyl (C=O) groups is 1. The highest BCUT2D eigenvalue weighted by molar-refractivity contribution is 5.87. The molecule has 0 aromatic heterocycles. The monoisotopic (exact) mass is 334 g/mol. The lowest BCUT2D eigenvalue weighted by molar-refractivity contribution is -0.154. The van der Waals surface area contributed by atoms with Crippen LogP contribution in [-0.2, 0) is 14.3 Å². The van der Waals surface area contributed by atoms with Gasteiger partial charge in [-0.1, -0.05) is 13.8 Å². The van der Waals surface area contributed by atoms with Crippen LogP contribution in [0.25, 0.3) is 0 Å². The Morgan fingerprint density at radius 2 is 1.88 bits per heavy atom. The Morgan fingerprint density at radius 3 is 2.67 bits per heavy atom. The Morgan fingerprint density at radius 1 is 1.04 bits per heavy atom. The predicted octanol–water partition coefficient (Wildman–Crippen LogP) is 4.59. The summed E-state index contributed by atoms with van der Waals surface area (Å²) in [5.74, 6) is 3.67. The van der Waals surface area contributed by atoms with E-state index in [9.17, 15) is 4.79 Å². The maximum absolute atomic E-state index is 12.5. The van der Waals surface area contributed by atoms with Crippen molar-refractivity contribution in [3.8, 4) is 0 Å². The quantitative estimate of drug-likeness (QED) is 0.708. The van der Waals surface area contributed by atoms with Gasteiger partial charge < -0.3 is 9.47 Å². The molecule has 7 atom stereocenters. The van der Waals surface area contributed by atoms with Gasteiger partial charge in [-0.2, -0.15) is 0 Å². The second-order valence-corrected chi connectivity index (χ2v) is 9.54. The molecule has 4 aliphatic rings. The molecule has 4 fully saturated rings. The van der Waals surface area contributed by atoms with E-state index >= 15 is 0 Å². The largest absolute Gasteiger partial charge is 0.359 e. The molecule has 0 saturated heterocycles. The van der Waals surface area contributed by atoms with Crippen LogP contribution < -0.4 is 0 Å². The van der Waals surface area contributed by atoms with Crippen LogP contribution in [0.15, 0.2) is 0 Å². The number of hydrogen-bond donors (Lipinski definition) is 0. The van der Waals surface area contributed by atoms with Gasteiger partial charge in [-0.15, -0.1) is 0 Å². The number of carbonyl (C=O) groups excluding carboxylic acids is 1. The molecule has 0 radical (unpaired) electrons. The zero-order chi connectivity index (χ0) is 16.9. The summed E-state index contributed by atoms with van der Waals surface area (Å²) in [6, 6.07) is 0. The smallest absolute Gasteiger partial charge is 0.146 e. The molecule has 0 N–H and O–H groups in total. The van der Waals surface area contributed by atoms with E-state index in [0.717, 1.165) is 37.0 Å². The number of rotatable bonds is 3. The van der Waals surface area contributed by atoms with Crippen molar-refractivity contribution in [2.75, 3.05) is 13.9 Å². The molecule has 24 heavy (non-hydrogen) atoms. The highest BCUT2D eigenvalue weighted by atomic mass is 16.7. The molecule has 0 heterocycles. The first-order valence-corrected chi connectivity index (χ1v) is 10.1. The van der Waals surface area contributed by atoms with Crippen molar-refractivity contribution in [2.45, 2.75) is 77.7 Å². The van der Waals surface area contributed by atoms with Gasteiger partial charge >= 0.3 is 0 Å². The van der Waals surface area contributed by atoms with Crippen LogP contribution in [0.3, 0.4) is 0 Å². The van der Waals surface area contributed by atoms with Crippen LogP contribution in [0.1, 0.15) is 71.6 Å². The van der Waals surface area contributed by atoms with Crippen LogP contribution in [0.2, 0.25) is 0 Å². The number of ether oxygens (including phenoxy) is 2. The summed E-state index contributed by atoms with van der Waals surface area (Å²) in [5.41, 5.74) is 0.492. The summed E-state index contributed by atoms with van der Waals surface area (Å²) in [5, 5.41) is 0. The number of methoxy groups -OCH3 is 1. The summed E-state index contributed by atoms with van der Waals surface area (Å²) < 4.78 is 11.0. The second-order valence-electron chi connectivity index (χ2n) is 9.54. The Kier molecular flexibility index (Phi) is 4.32. The van der Waals surface area contributed by atoms with Gasteiger partial charge in [-0.25, -0.2) is 0 Å². The molecular weight excluding hydrogens is 300 g/mol. The summed E-state index contributed by atoms with van der Waals surface area (Å²) in [7, 11) is 1.71. The van der Waals surface area contributed by atoms with Crippen LogP contribution in [-0.4, -0.2) is 25.8 Å². The van der Waals surface area contributed by atoms with Crippen molar-refractivity contribution in [1.82, 2.24) is 0 Å². The first-order valence-electron chi connectivity index (χ1n) is 10.1. The molecule has 0 aromatic rings. The highest BCUT2D eigenvalue weighted by Gasteiger charge is 2.60. The van der Waals surface area contributed by atoms with Crippen molar-refractivity contribution >= 4 is 5.78 Å². The zero-order valence-corrected chi connectivity index (χ0v) is 15.7. The molecule has 3 nitrogen and oxygen atoms in total. The first-order chi connectivity index (χ1) is 11.5. The van der Waals surface area contributed by atoms with Gasteiger partial charge in [0, 0.05) is 18.9 Å². The topological polar surface area (TPSA) is 35.5 Å². The molecule has 0 amide bonds. The summed E-state index contributed by atoms with van der Waals surface area (Å²) in [4.78, 5) is 12.5. The minimum absolute atomic E-state index is 0.0170. The van der Waals surface area contributed by atoms with E-state index in [1.165, 1.54) is 38.5 Å². The average Bonchev–Trinajstić information content (AvgIpc) is 2.88. The lowest BCUT2D eigenvalue weighted by Crippen LogP contribution is -2.54. The van der Waals surface area contributed by atoms with Crippen molar-refractivity contribution in [1.29, 1.82) is 0 Å². The second kappa shape index (κ2) is 6.09. The maximum atomic E-state index is 12.5. The van der Waals surface area contributed by atoms with Gasteiger partial charge in [0.05, 0.1) is 6.10 Å². The number of fused-ring (bicyclic) bond motifs is 5. The minimum Gasteiger partial charge on any atom is -0.359 e. The van der Waals surface area contributed by atoms with Gasteiger partial charge in [0.15, 0.2) is 0 Å². The minimum atomic E-state index is 0.0170. The van der Waals surface area contributed by atoms with Crippen LogP contribution >= 0.6 is 0 Å². The Bertz CT molecular complexity index is 503. The van der Waals surface area contributed by atoms with Crippen molar-refractivity contribution in [3.05, 3.63) is 0 Å². The van der Waals surface area contributed by atoms with Gasteiger partial charge in [-0.05, 0) is 80.5 Å². The summed E-state index contributed by atoms with van der Waals surface area (Å²) in [6.07, 6.45) is 11.2. The number of Topliss-reactive ketones (excluding diaryl/α,β-unsaturated/α-hetero) is 1. The molecule has 3 heteroatoms. The number of ketones is 1. The van der Waals surface area contributed by atoms with Crippen molar-refractivity contribution in [3.63, 3.8) is 0 Å². The van der Waals surface area contributed by atoms with E-state index in [1.54, 1.807) is 7.11 Å². The van der Waals surface area contributed by atoms with E-state index in [1.807, 2.05) is 0 Å². The molecule has 4 aliphatic carbocycles. The average molecular weight is 335 g/mol. The molecule has 4 saturated carbocycles. The molecule has 4 rings (SSSR count). The van der Waals surface area contributed by atoms with E-state index in [4.69, 9.17) is 9.47 Å². The Labute approximate surface area is 146 Å². The van der Waals surface area contributed by atoms with Crippen LogP contribution in [0, 0.1) is 34.5 Å². The molecule has 0 bridgehead atoms. The normalized spacial score (nSPS) is 51.0. The van der Waals surface area contributed by atoms with E-state index in [0.29, 0.717) is 30.0 Å². The third-order valence-electron chi connectivity index (χ3n) is 8.75. The van der Waals surface area contributed by atoms with E-state index < -0.39 is 0 Å². The van der Waals surface area contributed by atoms with E-state index in [-0.39, 0.29) is 5.41 Å². The van der Waals surface area contributed by atoms with Crippen molar-refractivity contribution < 1.29 is 14.3 Å². The van der Waals surface area contributed by atoms with Gasteiger partial charge in [0.25, 0.3) is 0 Å². The van der Waals surface area contributed by atoms with E-state index in [2.05, 4.69) is 13.8 Å². The van der Waals surface area contributed by atoms with Gasteiger partial charge in [-0.3, -0.25) is 4.79 Å². The first kappa shape index (κ1) is 17.0. The highest BCUT2D eigenvalue weighted by Crippen LogP contribution is 2.65. The Balaban J connectivity index is 1.51. The number of hydrogen-bond acceptors (Lipinski definition) is 3. The fourth-order valence-corrected chi connectivity index (χ4v) is 7.31. The molecule has 136 valence electrons. The molecule has 0 spiro atoms. The van der Waals surface area contributed by atoms with Gasteiger partial charge in [0.1, 0.15) is 12.6 Å². The third-order valence-corrected chi connectivity index (χ3v) is 8.75. The summed E-state index contributed by atoms with van der Waals surface area (Å²) >= 11 is 0. The molecule has 7 unspecified atom stereocenters. The van der Waals surface area contributed by atoms with Crippen LogP contribution in [0.4, 0.5) is 0 Å². The SMILES string of the molecule is COCOC1CCC2(C)C(CCC3C4CCC(=O)C4(C)CCC32)C1. The fourth-order valence-electron chi connectivity index (χ4n) is 7.31. The Hall–Kier alpha value is -0.410. The molecular formula is C21H34O3. The standard InChI is InChI=1S/C21H34O3/c1-20-10-8-15(24-13-23-3)12-14(20)4-5-16-17-6-7-19(22)21(17,2)11-9-18(16)20/h14-18H,4-13H2,1-3H3. The third kappa shape index (κ3) is 2.41. The molecule has 0 aliphatic heterocycles. The molecule has 0 aromatic carbocycles. The fraction of sp³-hybridized carbons (Fsp3) is 0.952. The van der Waals surface area contributed by atoms with Crippen molar-refractivity contribution in [2.24, 2.45) is 34.5 Å². The lowest BCUT2D eigenvalue weighted by atomic mass is 9.45. The summed E-state index contributed by atoms with van der Waals surface area (Å²) in [6.45, 7) is 5.29. The predicted molar refractivity (Wildman–Crippen MR) is 93.5 cm³/mol. The lowest BCUT2D eigenvalue weighted by Gasteiger charge is -2.60.